The van der Waals surface area contributed by atoms with Gasteiger partial charge in [0.2, 0.25) is 0 Å². The summed E-state index contributed by atoms with van der Waals surface area (Å²) in [5.74, 6) is 0. The van der Waals surface area contributed by atoms with Gasteiger partial charge in [0.1, 0.15) is 0 Å². The summed E-state index contributed by atoms with van der Waals surface area (Å²) in [6.45, 7) is -3.02. The average molecular weight is 208 g/mol. The fourth-order valence-electron chi connectivity index (χ4n) is 2.57. The van der Waals surface area contributed by atoms with Crippen molar-refractivity contribution in [2.24, 2.45) is 0 Å². The molecule has 2 saturated heterocycles. The van der Waals surface area contributed by atoms with Crippen LogP contribution in [0.2, 0.25) is 0 Å². The molecule has 0 radical (unpaired) electrons. The van der Waals surface area contributed by atoms with E-state index in [9.17, 15) is 12.9 Å². The summed E-state index contributed by atoms with van der Waals surface area (Å²) in [5.41, 5.74) is -0.280. The number of nitrogens with zero attached hydrogens (tertiary/aromatic N) is 1. The number of hydrogen-bond donors (Lipinski definition) is 0. The molecule has 1 unspecified atom stereocenters. The van der Waals surface area contributed by atoms with E-state index in [1.807, 2.05) is 0 Å². The summed E-state index contributed by atoms with van der Waals surface area (Å²) in [6.07, 6.45) is 1.78. The molecule has 2 aliphatic rings. The Morgan fingerprint density at radius 1 is 1.29 bits per heavy atom. The van der Waals surface area contributed by atoms with Crippen molar-refractivity contribution < 1.29 is 17.7 Å². The van der Waals surface area contributed by atoms with E-state index in [4.69, 9.17) is 4.74 Å². The zero-order valence-electron chi connectivity index (χ0n) is 8.02. The van der Waals surface area contributed by atoms with Crippen molar-refractivity contribution in [1.29, 1.82) is 0 Å². The maximum atomic E-state index is 12.3. The van der Waals surface area contributed by atoms with Crippen LogP contribution in [0.1, 0.15) is 19.3 Å². The van der Waals surface area contributed by atoms with Gasteiger partial charge in [-0.05, 0) is 32.3 Å². The summed E-state index contributed by atoms with van der Waals surface area (Å²) in [6, 6.07) is 0. The molecule has 0 aromatic carbocycles. The van der Waals surface area contributed by atoms with Crippen LogP contribution >= 0.6 is 0 Å². The van der Waals surface area contributed by atoms with E-state index >= 15 is 0 Å². The van der Waals surface area contributed by atoms with Crippen molar-refractivity contribution in [2.75, 3.05) is 26.2 Å². The van der Waals surface area contributed by atoms with Gasteiger partial charge < -0.3 is 22.6 Å². The van der Waals surface area contributed by atoms with Crippen LogP contribution < -0.4 is 0 Å². The number of ether oxygens (including phenoxy) is 1. The largest absolute Gasteiger partial charge is 0.492 e. The Labute approximate surface area is 81.5 Å². The minimum Gasteiger partial charge on any atom is -0.448 e. The third-order valence-corrected chi connectivity index (χ3v) is 3.25. The van der Waals surface area contributed by atoms with Gasteiger partial charge in [-0.25, -0.2) is 0 Å². The molecule has 0 bridgehead atoms. The molecule has 1 spiro atoms. The van der Waals surface area contributed by atoms with E-state index in [-0.39, 0.29) is 5.54 Å². The molecule has 1 atom stereocenters. The molecule has 2 nitrogen and oxygen atoms in total. The summed E-state index contributed by atoms with van der Waals surface area (Å²) >= 11 is 0. The van der Waals surface area contributed by atoms with Crippen LogP contribution in [0.25, 0.3) is 0 Å². The molecule has 2 heterocycles. The number of likely N-dealkylation sites (tertiary alicyclic amines) is 1. The molecule has 2 aliphatic heterocycles. The number of hydrogen-bond acceptors (Lipinski definition) is 2. The Hall–Kier alpha value is -0.225. The molecule has 2 rings (SSSR count). The standard InChI is InChI=1S/C8H14BF3NO/c10-9(11,12)7-13-4-1-2-8(13)3-5-14-6-8/h1-7H2/q-1. The monoisotopic (exact) mass is 208 g/mol. The highest BCUT2D eigenvalue weighted by Gasteiger charge is 2.45. The van der Waals surface area contributed by atoms with Gasteiger partial charge in [0.15, 0.2) is 0 Å². The zero-order valence-corrected chi connectivity index (χ0v) is 8.02. The van der Waals surface area contributed by atoms with Crippen molar-refractivity contribution in [3.8, 4) is 0 Å². The first kappa shape index (κ1) is 10.3. The lowest BCUT2D eigenvalue weighted by molar-refractivity contribution is 0.108. The van der Waals surface area contributed by atoms with Gasteiger partial charge in [-0.2, -0.15) is 0 Å². The Morgan fingerprint density at radius 2 is 2.07 bits per heavy atom. The second-order valence-electron chi connectivity index (χ2n) is 4.29. The van der Waals surface area contributed by atoms with Gasteiger partial charge in [-0.1, -0.05) is 0 Å². The quantitative estimate of drug-likeness (QED) is 0.639. The van der Waals surface area contributed by atoms with Gasteiger partial charge >= 0.3 is 6.98 Å². The van der Waals surface area contributed by atoms with E-state index in [0.717, 1.165) is 19.3 Å². The predicted octanol–water partition coefficient (Wildman–Crippen LogP) is 1.63. The maximum Gasteiger partial charge on any atom is 0.492 e. The van der Waals surface area contributed by atoms with Gasteiger partial charge in [0, 0.05) is 12.1 Å². The second kappa shape index (κ2) is 3.41. The Bertz CT molecular complexity index is 210. The topological polar surface area (TPSA) is 12.5 Å². The van der Waals surface area contributed by atoms with E-state index in [1.165, 1.54) is 0 Å². The molecule has 0 saturated carbocycles. The van der Waals surface area contributed by atoms with Crippen LogP contribution in [-0.2, 0) is 4.74 Å². The Morgan fingerprint density at radius 3 is 2.64 bits per heavy atom. The molecule has 6 heteroatoms. The lowest BCUT2D eigenvalue weighted by Crippen LogP contribution is -2.50. The molecule has 0 N–H and O–H groups in total. The summed E-state index contributed by atoms with van der Waals surface area (Å²) < 4.78 is 42.2. The molecule has 82 valence electrons. The lowest BCUT2D eigenvalue weighted by Gasteiger charge is -2.37. The lowest BCUT2D eigenvalue weighted by atomic mass is 9.87. The molecular weight excluding hydrogens is 194 g/mol. The normalized spacial score (nSPS) is 34.5. The first-order valence-corrected chi connectivity index (χ1v) is 5.06. The Kier molecular flexibility index (Phi) is 2.51. The third kappa shape index (κ3) is 1.91. The average Bonchev–Trinajstić information content (AvgIpc) is 2.62. The first-order valence-electron chi connectivity index (χ1n) is 5.06. The van der Waals surface area contributed by atoms with Gasteiger partial charge in [-0.15, -0.1) is 0 Å². The zero-order chi connectivity index (χ0) is 10.2. The van der Waals surface area contributed by atoms with Crippen LogP contribution in [0, 0.1) is 0 Å². The van der Waals surface area contributed by atoms with Crippen molar-refractivity contribution in [1.82, 2.24) is 4.90 Å². The van der Waals surface area contributed by atoms with Crippen molar-refractivity contribution in [2.45, 2.75) is 24.8 Å². The maximum absolute atomic E-state index is 12.3. The molecule has 0 aromatic rings. The number of halogens is 3. The molecule has 0 aromatic heterocycles. The van der Waals surface area contributed by atoms with E-state index in [0.29, 0.717) is 19.8 Å². The Balaban J connectivity index is 2.03. The minimum atomic E-state index is -4.70. The van der Waals surface area contributed by atoms with Crippen molar-refractivity contribution in [3.05, 3.63) is 0 Å². The molecule has 2 fully saturated rings. The molecular formula is C8H14BF3NO-. The van der Waals surface area contributed by atoms with Crippen LogP contribution in [0.3, 0.4) is 0 Å². The summed E-state index contributed by atoms with van der Waals surface area (Å²) in [4.78, 5) is 1.58. The minimum absolute atomic E-state index is 0.280. The summed E-state index contributed by atoms with van der Waals surface area (Å²) in [5, 5.41) is 0. The highest BCUT2D eigenvalue weighted by Crippen LogP contribution is 2.37. The van der Waals surface area contributed by atoms with Crippen LogP contribution in [0.15, 0.2) is 0 Å². The van der Waals surface area contributed by atoms with Crippen LogP contribution in [0.5, 0.6) is 0 Å². The summed E-state index contributed by atoms with van der Waals surface area (Å²) in [7, 11) is 0. The van der Waals surface area contributed by atoms with E-state index < -0.39 is 13.4 Å². The smallest absolute Gasteiger partial charge is 0.448 e. The molecule has 14 heavy (non-hydrogen) atoms. The predicted molar refractivity (Wildman–Crippen MR) is 48.1 cm³/mol. The van der Waals surface area contributed by atoms with E-state index in [1.54, 1.807) is 4.90 Å². The fraction of sp³-hybridized carbons (Fsp3) is 1.00. The fourth-order valence-corrected chi connectivity index (χ4v) is 2.57. The number of rotatable bonds is 2. The molecule has 0 amide bonds. The van der Waals surface area contributed by atoms with Gasteiger partial charge in [-0.3, -0.25) is 0 Å². The van der Waals surface area contributed by atoms with Crippen molar-refractivity contribution in [3.63, 3.8) is 0 Å². The van der Waals surface area contributed by atoms with Gasteiger partial charge in [0.05, 0.1) is 6.61 Å². The highest BCUT2D eigenvalue weighted by atomic mass is 19.4. The van der Waals surface area contributed by atoms with Crippen LogP contribution in [-0.4, -0.2) is 43.6 Å². The van der Waals surface area contributed by atoms with Crippen LogP contribution in [0.4, 0.5) is 12.9 Å². The van der Waals surface area contributed by atoms with Gasteiger partial charge in [0.25, 0.3) is 0 Å². The van der Waals surface area contributed by atoms with Crippen molar-refractivity contribution >= 4 is 6.98 Å². The third-order valence-electron chi connectivity index (χ3n) is 3.25. The molecule has 0 aliphatic carbocycles. The second-order valence-corrected chi connectivity index (χ2v) is 4.29. The highest BCUT2D eigenvalue weighted by molar-refractivity contribution is 6.58. The van der Waals surface area contributed by atoms with E-state index in [2.05, 4.69) is 0 Å². The SMILES string of the molecule is F[B-](F)(F)CN1CCCC12CCOC2. The first-order chi connectivity index (χ1) is 6.52.